The second kappa shape index (κ2) is 24.0. The van der Waals surface area contributed by atoms with Gasteiger partial charge in [0.15, 0.2) is 0 Å². The summed E-state index contributed by atoms with van der Waals surface area (Å²) in [5, 5.41) is 27.7. The van der Waals surface area contributed by atoms with Crippen molar-refractivity contribution in [2.75, 3.05) is 44.9 Å². The van der Waals surface area contributed by atoms with Gasteiger partial charge in [-0.15, -0.1) is 0 Å². The van der Waals surface area contributed by atoms with Crippen LogP contribution in [-0.4, -0.2) is 149 Å². The fourth-order valence-corrected chi connectivity index (χ4v) is 9.57. The van der Waals surface area contributed by atoms with Gasteiger partial charge in [-0.05, 0) is 101 Å². The Morgan fingerprint density at radius 2 is 1.35 bits per heavy atom. The van der Waals surface area contributed by atoms with E-state index in [4.69, 9.17) is 4.74 Å². The number of aromatic nitrogens is 2. The summed E-state index contributed by atoms with van der Waals surface area (Å²) >= 11 is 0. The van der Waals surface area contributed by atoms with Gasteiger partial charge in [0.05, 0.1) is 61.2 Å². The van der Waals surface area contributed by atoms with E-state index in [1.165, 1.54) is 17.4 Å². The summed E-state index contributed by atoms with van der Waals surface area (Å²) < 4.78 is 142. The topological polar surface area (TPSA) is 211 Å². The summed E-state index contributed by atoms with van der Waals surface area (Å²) in [7, 11) is 0.824. The summed E-state index contributed by atoms with van der Waals surface area (Å²) in [6.45, 7) is 3.13. The SMILES string of the molecule is COC(=O)N[C@H](C(=O)N[C@@H](Cc1ccc(C#Cc2ccc(N3CC4CCC(C3)N4C3COC3)nc2)cc1)[C@@H](O)CN(Cc1c(F)cc(-c2ccc(F)cn2)cc1F)NC(=O)[C@@H](NC(=O)O)C(C)(C)C(F)(F)F)C(C)(C)C(F)(F)F. The number of pyridine rings is 2. The maximum atomic E-state index is 16.0. The Hall–Kier alpha value is -7.21. The Morgan fingerprint density at radius 3 is 1.86 bits per heavy atom. The third-order valence-corrected chi connectivity index (χ3v) is 14.5. The number of hydrogen-bond donors (Lipinski definition) is 6. The molecule has 17 nitrogen and oxygen atoms in total. The minimum atomic E-state index is -5.26. The summed E-state index contributed by atoms with van der Waals surface area (Å²) in [4.78, 5) is 65.4. The molecule has 426 valence electrons. The molecule has 79 heavy (non-hydrogen) atoms. The van der Waals surface area contributed by atoms with Gasteiger partial charge >= 0.3 is 24.5 Å². The lowest BCUT2D eigenvalue weighted by Gasteiger charge is -2.47. The van der Waals surface area contributed by atoms with Crippen molar-refractivity contribution < 1.29 is 78.4 Å². The number of hydrazine groups is 1. The number of benzene rings is 2. The van der Waals surface area contributed by atoms with Crippen molar-refractivity contribution in [3.8, 4) is 23.1 Å². The van der Waals surface area contributed by atoms with E-state index in [0.29, 0.717) is 62.0 Å². The minimum Gasteiger partial charge on any atom is -0.465 e. The number of halogens is 9. The zero-order valence-electron chi connectivity index (χ0n) is 43.3. The van der Waals surface area contributed by atoms with Crippen molar-refractivity contribution in [3.63, 3.8) is 0 Å². The van der Waals surface area contributed by atoms with Crippen LogP contribution in [0.5, 0.6) is 0 Å². The fraction of sp³-hybridized carbons (Fsp3) is 0.472. The summed E-state index contributed by atoms with van der Waals surface area (Å²) in [6.07, 6.45) is -11.9. The van der Waals surface area contributed by atoms with E-state index in [0.717, 1.165) is 82.5 Å². The fourth-order valence-electron chi connectivity index (χ4n) is 9.57. The molecule has 0 aliphatic carbocycles. The third kappa shape index (κ3) is 14.0. The van der Waals surface area contributed by atoms with Crippen molar-refractivity contribution in [2.24, 2.45) is 10.8 Å². The highest BCUT2D eigenvalue weighted by Gasteiger charge is 2.57. The van der Waals surface area contributed by atoms with Crippen LogP contribution in [0.15, 0.2) is 73.1 Å². The number of ether oxygens (including phenoxy) is 2. The van der Waals surface area contributed by atoms with Crippen LogP contribution in [0.25, 0.3) is 11.3 Å². The molecule has 2 aromatic heterocycles. The van der Waals surface area contributed by atoms with Crippen LogP contribution in [0.3, 0.4) is 0 Å². The van der Waals surface area contributed by atoms with Gasteiger partial charge in [-0.25, -0.2) is 32.8 Å². The van der Waals surface area contributed by atoms with E-state index in [1.54, 1.807) is 18.3 Å². The maximum absolute atomic E-state index is 16.0. The predicted molar refractivity (Wildman–Crippen MR) is 266 cm³/mol. The third-order valence-electron chi connectivity index (χ3n) is 14.5. The smallest absolute Gasteiger partial charge is 0.407 e. The van der Waals surface area contributed by atoms with Crippen molar-refractivity contribution in [1.82, 2.24) is 41.3 Å². The predicted octanol–water partition coefficient (Wildman–Crippen LogP) is 6.47. The van der Waals surface area contributed by atoms with E-state index in [1.807, 2.05) is 22.9 Å². The summed E-state index contributed by atoms with van der Waals surface area (Å²) in [6, 6.07) is 7.82. The van der Waals surface area contributed by atoms with Gasteiger partial charge in [-0.1, -0.05) is 24.0 Å². The molecule has 3 aliphatic heterocycles. The number of rotatable bonds is 18. The van der Waals surface area contributed by atoms with Crippen LogP contribution in [-0.2, 0) is 32.0 Å². The highest BCUT2D eigenvalue weighted by Crippen LogP contribution is 2.42. The van der Waals surface area contributed by atoms with Gasteiger partial charge in [-0.3, -0.25) is 24.9 Å². The maximum Gasteiger partial charge on any atom is 0.407 e. The number of carboxylic acid groups (broad SMARTS) is 1. The van der Waals surface area contributed by atoms with E-state index >= 15 is 8.78 Å². The number of alkyl halides is 6. The number of aliphatic hydroxyl groups is 1. The second-order valence-corrected chi connectivity index (χ2v) is 20.7. The average molecular weight is 1120 g/mol. The largest absolute Gasteiger partial charge is 0.465 e. The number of nitrogens with one attached hydrogen (secondary N) is 4. The van der Waals surface area contributed by atoms with Crippen molar-refractivity contribution in [1.29, 1.82) is 0 Å². The monoisotopic (exact) mass is 1120 g/mol. The molecule has 0 saturated carbocycles. The summed E-state index contributed by atoms with van der Waals surface area (Å²) in [5.41, 5.74) is -4.07. The van der Waals surface area contributed by atoms with E-state index < -0.39 is 114 Å². The molecule has 6 atom stereocenters. The molecule has 26 heteroatoms. The first-order chi connectivity index (χ1) is 37.1. The quantitative estimate of drug-likeness (QED) is 0.0359. The Balaban J connectivity index is 1.17. The molecule has 0 spiro atoms. The zero-order chi connectivity index (χ0) is 57.8. The number of nitrogens with zero attached hydrogens (tertiary/aromatic N) is 5. The molecule has 5 heterocycles. The number of carbonyl (C=O) groups excluding carboxylic acids is 3. The Bertz CT molecular complexity index is 2860. The van der Waals surface area contributed by atoms with Crippen LogP contribution in [0.2, 0.25) is 0 Å². The number of piperazine rings is 1. The zero-order valence-corrected chi connectivity index (χ0v) is 43.3. The van der Waals surface area contributed by atoms with Crippen LogP contribution in [0.4, 0.5) is 54.9 Å². The average Bonchev–Trinajstić information content (AvgIpc) is 3.87. The number of amides is 4. The molecule has 2 aromatic carbocycles. The molecule has 2 bridgehead atoms. The lowest BCUT2D eigenvalue weighted by Crippen LogP contribution is -2.63. The number of methoxy groups -OCH3 is 1. The van der Waals surface area contributed by atoms with Gasteiger partial charge < -0.3 is 40.5 Å². The molecule has 4 aromatic rings. The first-order valence-electron chi connectivity index (χ1n) is 24.8. The lowest BCUT2D eigenvalue weighted by atomic mass is 9.82. The number of hydrogen-bond acceptors (Lipinski definition) is 12. The summed E-state index contributed by atoms with van der Waals surface area (Å²) in [5.74, 6) is 0.114. The molecule has 2 unspecified atom stereocenters. The normalized spacial score (nSPS) is 18.6. The Labute approximate surface area is 448 Å². The van der Waals surface area contributed by atoms with Crippen molar-refractivity contribution >= 4 is 29.8 Å². The van der Waals surface area contributed by atoms with Gasteiger partial charge in [0, 0.05) is 66.7 Å². The molecule has 4 amide bonds. The Kier molecular flexibility index (Phi) is 18.1. The number of fused-ring (bicyclic) bond motifs is 2. The van der Waals surface area contributed by atoms with Gasteiger partial charge in [-0.2, -0.15) is 26.3 Å². The molecule has 3 saturated heterocycles. The molecule has 0 radical (unpaired) electrons. The number of alkyl carbamates (subject to hydrolysis) is 1. The molecule has 6 N–H and O–H groups in total. The second-order valence-electron chi connectivity index (χ2n) is 20.7. The van der Waals surface area contributed by atoms with E-state index in [9.17, 15) is 60.1 Å². The lowest BCUT2D eigenvalue weighted by molar-refractivity contribution is -0.221. The van der Waals surface area contributed by atoms with Crippen LogP contribution in [0.1, 0.15) is 62.8 Å². The van der Waals surface area contributed by atoms with E-state index in [-0.39, 0.29) is 16.8 Å². The molecule has 3 fully saturated rings. The highest BCUT2D eigenvalue weighted by atomic mass is 19.4. The first-order valence-corrected chi connectivity index (χ1v) is 24.8. The number of aliphatic hydroxyl groups excluding tert-OH is 1. The van der Waals surface area contributed by atoms with Gasteiger partial charge in [0.25, 0.3) is 5.91 Å². The van der Waals surface area contributed by atoms with E-state index in [2.05, 4.69) is 41.7 Å². The van der Waals surface area contributed by atoms with Crippen LogP contribution < -0.4 is 26.3 Å². The van der Waals surface area contributed by atoms with Gasteiger partial charge in [0.2, 0.25) is 5.91 Å². The molecular weight excluding hydrogens is 1060 g/mol. The standard InChI is InChI=1S/C53H58F9N9O8/c1-50(2,52(57,58)59)44(67-49(77)78-5)46(73)65-41(18-30-9-6-29(7-10-30)8-11-31-12-17-43(64-21-31)69-23-34-14-15-35(24-69)71(34)36-27-79-28-36)42(72)26-70(68-47(74)45(66-48(75)76)51(3,4)53(60,61)62)25-37-38(55)19-32(20-39(37)56)40-16-13-33(54)22-63-40/h6-7,9-10,12-13,16-17,19-22,34-36,41-42,44-45,66,72H,14-15,18,23-28H2,1-5H3,(H,65,73)(H,67,77)(H,68,74)(H,75,76)/t34?,35?,41-,42-,44+,45+/m0/s1. The molecule has 7 rings (SSSR count). The number of carbonyl (C=O) groups is 4. The minimum absolute atomic E-state index is 0.0929. The first kappa shape index (κ1) is 59.5. The van der Waals surface area contributed by atoms with Crippen LogP contribution >= 0.6 is 0 Å². The van der Waals surface area contributed by atoms with Crippen molar-refractivity contribution in [2.45, 2.75) is 108 Å². The molecule has 3 aliphatic rings. The van der Waals surface area contributed by atoms with Gasteiger partial charge in [0.1, 0.15) is 35.4 Å². The van der Waals surface area contributed by atoms with Crippen molar-refractivity contribution in [3.05, 3.63) is 113 Å². The highest BCUT2D eigenvalue weighted by molar-refractivity contribution is 5.87. The molecular formula is C53H58F9N9O8. The Morgan fingerprint density at radius 1 is 0.772 bits per heavy atom. The van der Waals surface area contributed by atoms with Crippen LogP contribution in [0, 0.1) is 40.1 Å². The number of anilines is 1.